The minimum absolute atomic E-state index is 0.0491. The number of halogens is 2. The average Bonchev–Trinajstić information content (AvgIpc) is 2.75. The normalized spacial score (nSPS) is 20.6. The number of hydrogen-bond donors (Lipinski definition) is 1. The van der Waals surface area contributed by atoms with E-state index in [-0.39, 0.29) is 23.3 Å². The van der Waals surface area contributed by atoms with Crippen molar-refractivity contribution in [2.24, 2.45) is 5.73 Å². The van der Waals surface area contributed by atoms with Gasteiger partial charge in [0.25, 0.3) is 0 Å². The number of benzene rings is 2. The van der Waals surface area contributed by atoms with Crippen molar-refractivity contribution in [3.05, 3.63) is 99.7 Å². The number of nitrogens with two attached hydrogens (primary N) is 1. The molecule has 158 valence electrons. The number of allylic oxidation sites excluding steroid dienone is 1. The van der Waals surface area contributed by atoms with Gasteiger partial charge in [-0.05, 0) is 37.6 Å². The second-order valence-corrected chi connectivity index (χ2v) is 7.99. The maximum Gasteiger partial charge on any atom is 0.205 e. The highest BCUT2D eigenvalue weighted by atomic mass is 19.1. The molecule has 0 saturated heterocycles. The summed E-state index contributed by atoms with van der Waals surface area (Å²) in [6, 6.07) is 15.1. The third-order valence-electron chi connectivity index (χ3n) is 5.75. The van der Waals surface area contributed by atoms with Gasteiger partial charge in [0, 0.05) is 35.8 Å². The van der Waals surface area contributed by atoms with Gasteiger partial charge in [-0.3, -0.25) is 4.90 Å². The van der Waals surface area contributed by atoms with Crippen LogP contribution in [0.3, 0.4) is 0 Å². The standard InChI is InChI=1S/C25H23F2N3O/c1-15(2)30-13-17(11-16-7-3-5-9-21(16)26)24-20(14-30)23(19(12-28)25(29)31-24)18-8-4-6-10-22(18)27/h3-11,15,23H,13-14,29H2,1-2H3. The molecule has 1 atom stereocenters. The second-order valence-electron chi connectivity index (χ2n) is 7.99. The van der Waals surface area contributed by atoms with Crippen LogP contribution in [0.2, 0.25) is 0 Å². The number of nitrogens with zero attached hydrogens (tertiary/aromatic N) is 2. The third-order valence-corrected chi connectivity index (χ3v) is 5.75. The first kappa shape index (κ1) is 20.8. The molecule has 2 aromatic rings. The van der Waals surface area contributed by atoms with Crippen LogP contribution in [-0.2, 0) is 4.74 Å². The summed E-state index contributed by atoms with van der Waals surface area (Å²) in [6.45, 7) is 5.12. The zero-order valence-corrected chi connectivity index (χ0v) is 17.4. The SMILES string of the molecule is CC(C)N1CC(=Cc2ccccc2F)C2=C(C1)C(c1ccccc1F)C(C#N)=C(N)O2. The van der Waals surface area contributed by atoms with E-state index in [0.717, 1.165) is 11.1 Å². The van der Waals surface area contributed by atoms with Crippen LogP contribution in [0.15, 0.2) is 76.9 Å². The lowest BCUT2D eigenvalue weighted by Crippen LogP contribution is -2.41. The lowest BCUT2D eigenvalue weighted by atomic mass is 9.79. The highest BCUT2D eigenvalue weighted by molar-refractivity contribution is 5.63. The van der Waals surface area contributed by atoms with E-state index in [4.69, 9.17) is 10.5 Å². The van der Waals surface area contributed by atoms with Crippen molar-refractivity contribution in [1.82, 2.24) is 4.90 Å². The van der Waals surface area contributed by atoms with E-state index in [9.17, 15) is 14.0 Å². The van der Waals surface area contributed by atoms with Crippen molar-refractivity contribution in [2.45, 2.75) is 25.8 Å². The minimum Gasteiger partial charge on any atom is -0.440 e. The molecular weight excluding hydrogens is 396 g/mol. The largest absolute Gasteiger partial charge is 0.440 e. The van der Waals surface area contributed by atoms with E-state index >= 15 is 0 Å². The summed E-state index contributed by atoms with van der Waals surface area (Å²) in [5.41, 5.74) is 8.58. The fraction of sp³-hybridized carbons (Fsp3) is 0.240. The molecule has 2 N–H and O–H groups in total. The molecule has 1 unspecified atom stereocenters. The zero-order chi connectivity index (χ0) is 22.1. The number of rotatable bonds is 3. The van der Waals surface area contributed by atoms with Gasteiger partial charge in [-0.2, -0.15) is 5.26 Å². The molecule has 31 heavy (non-hydrogen) atoms. The van der Waals surface area contributed by atoms with Crippen molar-refractivity contribution >= 4 is 6.08 Å². The number of hydrogen-bond acceptors (Lipinski definition) is 4. The second kappa shape index (κ2) is 8.37. The van der Waals surface area contributed by atoms with Crippen molar-refractivity contribution in [2.75, 3.05) is 13.1 Å². The van der Waals surface area contributed by atoms with E-state index in [1.165, 1.54) is 12.1 Å². The van der Waals surface area contributed by atoms with Crippen LogP contribution in [0, 0.1) is 23.0 Å². The first-order chi connectivity index (χ1) is 14.9. The maximum atomic E-state index is 14.8. The Balaban J connectivity index is 1.93. The minimum atomic E-state index is -0.666. The van der Waals surface area contributed by atoms with E-state index < -0.39 is 11.7 Å². The average molecular weight is 419 g/mol. The summed E-state index contributed by atoms with van der Waals surface area (Å²) in [5.74, 6) is -0.984. The van der Waals surface area contributed by atoms with Gasteiger partial charge in [-0.25, -0.2) is 8.78 Å². The molecule has 0 spiro atoms. The summed E-state index contributed by atoms with van der Waals surface area (Å²) >= 11 is 0. The predicted molar refractivity (Wildman–Crippen MR) is 115 cm³/mol. The fourth-order valence-corrected chi connectivity index (χ4v) is 4.11. The van der Waals surface area contributed by atoms with E-state index in [2.05, 4.69) is 24.8 Å². The zero-order valence-electron chi connectivity index (χ0n) is 17.4. The van der Waals surface area contributed by atoms with Gasteiger partial charge < -0.3 is 10.5 Å². The molecule has 0 fully saturated rings. The smallest absolute Gasteiger partial charge is 0.205 e. The number of ether oxygens (including phenoxy) is 1. The van der Waals surface area contributed by atoms with E-state index in [0.29, 0.717) is 30.0 Å². The fourth-order valence-electron chi connectivity index (χ4n) is 4.11. The van der Waals surface area contributed by atoms with Gasteiger partial charge in [0.1, 0.15) is 29.0 Å². The van der Waals surface area contributed by atoms with Crippen molar-refractivity contribution < 1.29 is 13.5 Å². The Morgan fingerprint density at radius 1 is 1.10 bits per heavy atom. The highest BCUT2D eigenvalue weighted by Crippen LogP contribution is 2.44. The van der Waals surface area contributed by atoms with Gasteiger partial charge in [-0.1, -0.05) is 36.4 Å². The van der Waals surface area contributed by atoms with Gasteiger partial charge in [-0.15, -0.1) is 0 Å². The summed E-state index contributed by atoms with van der Waals surface area (Å²) in [4.78, 5) is 2.18. The van der Waals surface area contributed by atoms with Crippen LogP contribution in [0.1, 0.15) is 30.9 Å². The molecule has 0 radical (unpaired) electrons. The van der Waals surface area contributed by atoms with Crippen LogP contribution in [-0.4, -0.2) is 24.0 Å². The summed E-state index contributed by atoms with van der Waals surface area (Å²) in [6.07, 6.45) is 1.74. The van der Waals surface area contributed by atoms with Crippen LogP contribution >= 0.6 is 0 Å². The quantitative estimate of drug-likeness (QED) is 0.774. The van der Waals surface area contributed by atoms with Crippen LogP contribution < -0.4 is 5.73 Å². The van der Waals surface area contributed by atoms with Crippen molar-refractivity contribution in [1.29, 1.82) is 5.26 Å². The van der Waals surface area contributed by atoms with Crippen LogP contribution in [0.25, 0.3) is 6.08 Å². The predicted octanol–water partition coefficient (Wildman–Crippen LogP) is 4.83. The first-order valence-corrected chi connectivity index (χ1v) is 10.1. The molecule has 0 bridgehead atoms. The number of nitriles is 1. The Kier molecular flexibility index (Phi) is 5.62. The van der Waals surface area contributed by atoms with Gasteiger partial charge in [0.15, 0.2) is 0 Å². The Hall–Kier alpha value is -3.43. The molecule has 2 aliphatic heterocycles. The third kappa shape index (κ3) is 3.85. The monoisotopic (exact) mass is 419 g/mol. The van der Waals surface area contributed by atoms with Crippen molar-refractivity contribution in [3.8, 4) is 6.07 Å². The van der Waals surface area contributed by atoms with Crippen LogP contribution in [0.4, 0.5) is 8.78 Å². The lowest BCUT2D eigenvalue weighted by molar-refractivity contribution is 0.207. The Morgan fingerprint density at radius 3 is 2.42 bits per heavy atom. The van der Waals surface area contributed by atoms with Crippen molar-refractivity contribution in [3.63, 3.8) is 0 Å². The molecule has 2 aromatic carbocycles. The van der Waals surface area contributed by atoms with E-state index in [1.54, 1.807) is 42.5 Å². The van der Waals surface area contributed by atoms with Gasteiger partial charge in [0.05, 0.1) is 5.92 Å². The molecule has 2 heterocycles. The lowest BCUT2D eigenvalue weighted by Gasteiger charge is -2.40. The Labute approximate surface area is 180 Å². The van der Waals surface area contributed by atoms with Gasteiger partial charge >= 0.3 is 0 Å². The Morgan fingerprint density at radius 2 is 1.77 bits per heavy atom. The maximum absolute atomic E-state index is 14.8. The summed E-state index contributed by atoms with van der Waals surface area (Å²) in [7, 11) is 0. The molecule has 6 heteroatoms. The van der Waals surface area contributed by atoms with E-state index in [1.807, 2.05) is 0 Å². The molecule has 4 rings (SSSR count). The Bertz CT molecular complexity index is 1160. The summed E-state index contributed by atoms with van der Waals surface area (Å²) in [5, 5.41) is 9.80. The topological polar surface area (TPSA) is 62.3 Å². The molecule has 4 nitrogen and oxygen atoms in total. The molecule has 0 amide bonds. The molecule has 0 aromatic heterocycles. The van der Waals surface area contributed by atoms with Gasteiger partial charge in [0.2, 0.25) is 5.88 Å². The first-order valence-electron chi connectivity index (χ1n) is 10.1. The van der Waals surface area contributed by atoms with Crippen LogP contribution in [0.5, 0.6) is 0 Å². The highest BCUT2D eigenvalue weighted by Gasteiger charge is 2.39. The molecule has 0 saturated carbocycles. The molecule has 2 aliphatic rings. The molecular formula is C25H23F2N3O. The summed E-state index contributed by atoms with van der Waals surface area (Å²) < 4.78 is 35.1. The molecule has 0 aliphatic carbocycles.